The molecule has 3 rings (SSSR count). The van der Waals surface area contributed by atoms with Gasteiger partial charge in [-0.25, -0.2) is 0 Å². The van der Waals surface area contributed by atoms with Gasteiger partial charge in [-0.15, -0.1) is 0 Å². The molecule has 23 heavy (non-hydrogen) atoms. The molecule has 0 aliphatic carbocycles. The van der Waals surface area contributed by atoms with Gasteiger partial charge in [-0.3, -0.25) is 9.59 Å². The molecule has 1 unspecified atom stereocenters. The van der Waals surface area contributed by atoms with Crippen LogP contribution in [0.15, 0.2) is 28.8 Å². The maximum absolute atomic E-state index is 12.7. The highest BCUT2D eigenvalue weighted by Crippen LogP contribution is 2.32. The number of hydrogen-bond donors (Lipinski definition) is 2. The Balaban J connectivity index is 2.25. The normalized spacial score (nSPS) is 12.5. The van der Waals surface area contributed by atoms with Gasteiger partial charge < -0.3 is 14.6 Å². The Hall–Kier alpha value is -2.60. The Morgan fingerprint density at radius 1 is 1.35 bits per heavy atom. The summed E-state index contributed by atoms with van der Waals surface area (Å²) in [5.74, 6) is -1.83. The molecule has 0 bridgehead atoms. The molecular weight excluding hydrogens is 320 g/mol. The third-order valence-electron chi connectivity index (χ3n) is 3.69. The molecule has 2 aromatic heterocycles. The van der Waals surface area contributed by atoms with Crippen molar-refractivity contribution in [3.8, 4) is 0 Å². The van der Waals surface area contributed by atoms with Crippen LogP contribution in [0.4, 0.5) is 0 Å². The zero-order valence-corrected chi connectivity index (χ0v) is 13.1. The molecule has 0 spiro atoms. The third-order valence-corrected chi connectivity index (χ3v) is 3.93. The summed E-state index contributed by atoms with van der Waals surface area (Å²) in [4.78, 5) is 27.1. The zero-order chi connectivity index (χ0) is 16.7. The monoisotopic (exact) mass is 332 g/mol. The molecule has 1 atom stereocenters. The topological polar surface area (TPSA) is 96.2 Å². The van der Waals surface area contributed by atoms with Crippen molar-refractivity contribution in [2.24, 2.45) is 0 Å². The number of aromatic nitrogens is 2. The number of fused-ring (bicyclic) bond motifs is 1. The minimum Gasteiger partial charge on any atom is -0.481 e. The van der Waals surface area contributed by atoms with E-state index < -0.39 is 17.7 Å². The van der Waals surface area contributed by atoms with Crippen LogP contribution in [0, 0.1) is 6.92 Å². The van der Waals surface area contributed by atoms with Gasteiger partial charge in [0.15, 0.2) is 5.69 Å². The number of rotatable bonds is 4. The van der Waals surface area contributed by atoms with Gasteiger partial charge in [-0.2, -0.15) is 0 Å². The number of benzene rings is 1. The minimum atomic E-state index is -1.03. The molecule has 0 fully saturated rings. The minimum absolute atomic E-state index is 0.124. The molecule has 0 saturated carbocycles. The second-order valence-corrected chi connectivity index (χ2v) is 5.75. The van der Waals surface area contributed by atoms with Gasteiger partial charge in [0.05, 0.1) is 11.6 Å². The number of carbonyl (C=O) groups is 2. The second kappa shape index (κ2) is 5.55. The van der Waals surface area contributed by atoms with Gasteiger partial charge in [0, 0.05) is 27.6 Å². The first-order chi connectivity index (χ1) is 10.9. The van der Waals surface area contributed by atoms with Crippen LogP contribution in [0.2, 0.25) is 5.02 Å². The lowest BCUT2D eigenvalue weighted by Crippen LogP contribution is -2.13. The molecule has 7 heteroatoms. The summed E-state index contributed by atoms with van der Waals surface area (Å²) >= 11 is 6.01. The van der Waals surface area contributed by atoms with Gasteiger partial charge in [0.1, 0.15) is 5.76 Å². The summed E-state index contributed by atoms with van der Waals surface area (Å²) < 4.78 is 4.93. The van der Waals surface area contributed by atoms with Crippen LogP contribution in [0.3, 0.4) is 0 Å². The van der Waals surface area contributed by atoms with Crippen LogP contribution < -0.4 is 0 Å². The Kier molecular flexibility index (Phi) is 3.69. The maximum atomic E-state index is 12.7. The lowest BCUT2D eigenvalue weighted by atomic mass is 9.95. The van der Waals surface area contributed by atoms with Gasteiger partial charge in [-0.1, -0.05) is 16.8 Å². The van der Waals surface area contributed by atoms with Crippen molar-refractivity contribution in [2.75, 3.05) is 0 Å². The smallest absolute Gasteiger partial charge is 0.310 e. The van der Waals surface area contributed by atoms with E-state index in [-0.39, 0.29) is 11.4 Å². The van der Waals surface area contributed by atoms with Crippen molar-refractivity contribution in [3.63, 3.8) is 0 Å². The number of nitrogens with one attached hydrogen (secondary N) is 1. The quantitative estimate of drug-likeness (QED) is 0.712. The van der Waals surface area contributed by atoms with Gasteiger partial charge >= 0.3 is 5.97 Å². The molecule has 0 aliphatic heterocycles. The van der Waals surface area contributed by atoms with Crippen molar-refractivity contribution in [2.45, 2.75) is 19.8 Å². The van der Waals surface area contributed by atoms with Gasteiger partial charge in [0.2, 0.25) is 5.78 Å². The van der Waals surface area contributed by atoms with E-state index in [1.807, 2.05) is 0 Å². The number of hydrogen-bond acceptors (Lipinski definition) is 4. The molecule has 2 N–H and O–H groups in total. The number of aromatic amines is 1. The summed E-state index contributed by atoms with van der Waals surface area (Å²) in [5, 5.41) is 14.2. The van der Waals surface area contributed by atoms with Crippen LogP contribution in [0.25, 0.3) is 10.9 Å². The number of aryl methyl sites for hydroxylation is 1. The fraction of sp³-hybridized carbons (Fsp3) is 0.188. The van der Waals surface area contributed by atoms with E-state index in [0.29, 0.717) is 27.2 Å². The number of carboxylic acids is 1. The Morgan fingerprint density at radius 2 is 2.09 bits per heavy atom. The molecule has 6 nitrogen and oxygen atoms in total. The summed E-state index contributed by atoms with van der Waals surface area (Å²) in [5.41, 5.74) is 1.34. The van der Waals surface area contributed by atoms with Crippen molar-refractivity contribution in [3.05, 3.63) is 52.0 Å². The molecule has 0 radical (unpaired) electrons. The number of H-pyrrole nitrogens is 1. The first-order valence-electron chi connectivity index (χ1n) is 6.90. The van der Waals surface area contributed by atoms with Gasteiger partial charge in [0.25, 0.3) is 0 Å². The van der Waals surface area contributed by atoms with E-state index in [1.165, 1.54) is 13.0 Å². The standard InChI is InChI=1S/C16H13ClN2O4/c1-7-5-12(19-23-7)15(20)14-13(8(2)16(21)22)10-6-9(17)3-4-11(10)18-14/h3-6,8,18H,1-2H3,(H,21,22). The molecule has 3 aromatic rings. The third kappa shape index (κ3) is 2.61. The Morgan fingerprint density at radius 3 is 2.70 bits per heavy atom. The Bertz CT molecular complexity index is 925. The zero-order valence-electron chi connectivity index (χ0n) is 12.4. The SMILES string of the molecule is Cc1cc(C(=O)c2[nH]c3ccc(Cl)cc3c2C(C)C(=O)O)no1. The van der Waals surface area contributed by atoms with Crippen molar-refractivity contribution in [1.29, 1.82) is 0 Å². The highest BCUT2D eigenvalue weighted by molar-refractivity contribution is 6.31. The van der Waals surface area contributed by atoms with E-state index in [0.717, 1.165) is 0 Å². The molecule has 2 heterocycles. The number of nitrogens with zero attached hydrogens (tertiary/aromatic N) is 1. The van der Waals surface area contributed by atoms with E-state index in [9.17, 15) is 14.7 Å². The fourth-order valence-electron chi connectivity index (χ4n) is 2.54. The summed E-state index contributed by atoms with van der Waals surface area (Å²) in [6.07, 6.45) is 0. The van der Waals surface area contributed by atoms with E-state index in [2.05, 4.69) is 10.1 Å². The first kappa shape index (κ1) is 15.3. The van der Waals surface area contributed by atoms with Crippen LogP contribution in [-0.4, -0.2) is 27.0 Å². The number of carboxylic acid groups (broad SMARTS) is 1. The second-order valence-electron chi connectivity index (χ2n) is 5.32. The molecule has 0 saturated heterocycles. The summed E-state index contributed by atoms with van der Waals surface area (Å²) in [6, 6.07) is 6.54. The fourth-order valence-corrected chi connectivity index (χ4v) is 2.71. The van der Waals surface area contributed by atoms with Crippen molar-refractivity contribution >= 4 is 34.3 Å². The van der Waals surface area contributed by atoms with E-state index in [1.54, 1.807) is 25.1 Å². The average Bonchev–Trinajstić information content (AvgIpc) is 3.09. The van der Waals surface area contributed by atoms with E-state index in [4.69, 9.17) is 16.1 Å². The number of carbonyl (C=O) groups excluding carboxylic acids is 1. The van der Waals surface area contributed by atoms with E-state index >= 15 is 0 Å². The summed E-state index contributed by atoms with van der Waals surface area (Å²) in [7, 11) is 0. The predicted octanol–water partition coefficient (Wildman–Crippen LogP) is 3.54. The van der Waals surface area contributed by atoms with Crippen LogP contribution in [-0.2, 0) is 4.79 Å². The predicted molar refractivity (Wildman–Crippen MR) is 84.0 cm³/mol. The molecule has 118 valence electrons. The molecular formula is C16H13ClN2O4. The van der Waals surface area contributed by atoms with Crippen molar-refractivity contribution < 1.29 is 19.2 Å². The largest absolute Gasteiger partial charge is 0.481 e. The number of aliphatic carboxylic acids is 1. The average molecular weight is 333 g/mol. The van der Waals surface area contributed by atoms with Crippen LogP contribution in [0.1, 0.15) is 40.3 Å². The van der Waals surface area contributed by atoms with Crippen molar-refractivity contribution in [1.82, 2.24) is 10.1 Å². The van der Waals surface area contributed by atoms with Crippen LogP contribution in [0.5, 0.6) is 0 Å². The number of ketones is 1. The van der Waals surface area contributed by atoms with Gasteiger partial charge in [-0.05, 0) is 32.0 Å². The molecule has 0 aliphatic rings. The summed E-state index contributed by atoms with van der Waals surface area (Å²) in [6.45, 7) is 3.20. The number of halogens is 1. The first-order valence-corrected chi connectivity index (χ1v) is 7.28. The van der Waals surface area contributed by atoms with Crippen LogP contribution >= 0.6 is 11.6 Å². The highest BCUT2D eigenvalue weighted by Gasteiger charge is 2.28. The Labute approximate surface area is 136 Å². The lowest BCUT2D eigenvalue weighted by molar-refractivity contribution is -0.138. The molecule has 0 amide bonds. The highest BCUT2D eigenvalue weighted by atomic mass is 35.5. The lowest BCUT2D eigenvalue weighted by Gasteiger charge is -2.07. The maximum Gasteiger partial charge on any atom is 0.310 e. The molecule has 1 aromatic carbocycles.